The molecule has 1 aromatic heterocycles. The Morgan fingerprint density at radius 3 is 2.82 bits per heavy atom. The Morgan fingerprint density at radius 1 is 1.64 bits per heavy atom. The van der Waals surface area contributed by atoms with Gasteiger partial charge in [0.2, 0.25) is 0 Å². The molecule has 2 heteroatoms. The third-order valence-corrected chi connectivity index (χ3v) is 2.27. The van der Waals surface area contributed by atoms with Gasteiger partial charge in [0.05, 0.1) is 6.26 Å². The van der Waals surface area contributed by atoms with Crippen LogP contribution in [0.15, 0.2) is 16.7 Å². The summed E-state index contributed by atoms with van der Waals surface area (Å²) in [7, 11) is 0. The van der Waals surface area contributed by atoms with Crippen molar-refractivity contribution in [2.24, 2.45) is 11.7 Å². The maximum Gasteiger partial charge on any atom is 0.101 e. The van der Waals surface area contributed by atoms with Crippen LogP contribution in [0.3, 0.4) is 0 Å². The van der Waals surface area contributed by atoms with Gasteiger partial charge >= 0.3 is 0 Å². The molecule has 0 radical (unpaired) electrons. The molecule has 0 bridgehead atoms. The van der Waals surface area contributed by atoms with Crippen LogP contribution in [0.2, 0.25) is 0 Å². The number of hydrogen-bond donors (Lipinski definition) is 1. The minimum Gasteiger partial charge on any atom is -0.469 e. The first-order valence-electron chi connectivity index (χ1n) is 4.08. The lowest BCUT2D eigenvalue weighted by Gasteiger charge is -2.04. The first-order chi connectivity index (χ1) is 5.27. The highest BCUT2D eigenvalue weighted by Gasteiger charge is 2.30. The molecule has 1 heterocycles. The van der Waals surface area contributed by atoms with Crippen LogP contribution in [0.25, 0.3) is 0 Å². The number of rotatable bonds is 2. The van der Waals surface area contributed by atoms with Crippen molar-refractivity contribution in [3.8, 4) is 0 Å². The molecule has 11 heavy (non-hydrogen) atoms. The van der Waals surface area contributed by atoms with Crippen LogP contribution < -0.4 is 5.73 Å². The van der Waals surface area contributed by atoms with Crippen molar-refractivity contribution in [2.75, 3.05) is 0 Å². The van der Waals surface area contributed by atoms with Gasteiger partial charge in [0.15, 0.2) is 0 Å². The highest BCUT2D eigenvalue weighted by atomic mass is 16.3. The smallest absolute Gasteiger partial charge is 0.101 e. The Morgan fingerprint density at radius 2 is 2.36 bits per heavy atom. The first kappa shape index (κ1) is 6.92. The van der Waals surface area contributed by atoms with Crippen LogP contribution in [-0.4, -0.2) is 0 Å². The van der Waals surface area contributed by atoms with Crippen LogP contribution in [0.4, 0.5) is 0 Å². The molecule has 2 nitrogen and oxygen atoms in total. The minimum atomic E-state index is 0.215. The molecule has 1 aliphatic carbocycles. The van der Waals surface area contributed by atoms with Crippen molar-refractivity contribution in [1.82, 2.24) is 0 Å². The molecule has 1 saturated carbocycles. The van der Waals surface area contributed by atoms with Crippen LogP contribution in [0.1, 0.15) is 30.2 Å². The van der Waals surface area contributed by atoms with Crippen molar-refractivity contribution in [3.63, 3.8) is 0 Å². The van der Waals surface area contributed by atoms with E-state index in [4.69, 9.17) is 10.2 Å². The fourth-order valence-electron chi connectivity index (χ4n) is 1.37. The quantitative estimate of drug-likeness (QED) is 0.702. The Labute approximate surface area is 66.4 Å². The zero-order valence-corrected chi connectivity index (χ0v) is 6.71. The standard InChI is InChI=1S/C9H13NO/c1-6-4-8(5-11-6)9(10)7-2-3-7/h4-5,7,9H,2-3,10H2,1H3. The predicted molar refractivity (Wildman–Crippen MR) is 43.1 cm³/mol. The highest BCUT2D eigenvalue weighted by Crippen LogP contribution is 2.39. The summed E-state index contributed by atoms with van der Waals surface area (Å²) in [6.45, 7) is 1.95. The van der Waals surface area contributed by atoms with Crippen LogP contribution >= 0.6 is 0 Å². The van der Waals surface area contributed by atoms with Crippen LogP contribution in [-0.2, 0) is 0 Å². The van der Waals surface area contributed by atoms with Crippen LogP contribution in [0, 0.1) is 12.8 Å². The number of furan rings is 1. The van der Waals surface area contributed by atoms with Crippen molar-refractivity contribution >= 4 is 0 Å². The summed E-state index contributed by atoms with van der Waals surface area (Å²) < 4.78 is 5.18. The molecule has 0 saturated heterocycles. The van der Waals surface area contributed by atoms with Crippen molar-refractivity contribution < 1.29 is 4.42 Å². The molecule has 1 fully saturated rings. The third-order valence-electron chi connectivity index (χ3n) is 2.27. The van der Waals surface area contributed by atoms with E-state index in [1.807, 2.05) is 13.0 Å². The second-order valence-electron chi connectivity index (χ2n) is 3.35. The van der Waals surface area contributed by atoms with E-state index in [-0.39, 0.29) is 6.04 Å². The molecular formula is C9H13NO. The van der Waals surface area contributed by atoms with Gasteiger partial charge in [0.1, 0.15) is 5.76 Å². The van der Waals surface area contributed by atoms with Crippen molar-refractivity contribution in [1.29, 1.82) is 0 Å². The van der Waals surface area contributed by atoms with E-state index < -0.39 is 0 Å². The third kappa shape index (κ3) is 1.31. The van der Waals surface area contributed by atoms with Gasteiger partial charge in [-0.05, 0) is 31.7 Å². The Balaban J connectivity index is 2.14. The molecule has 60 valence electrons. The van der Waals surface area contributed by atoms with E-state index in [2.05, 4.69) is 0 Å². The maximum atomic E-state index is 5.95. The summed E-state index contributed by atoms with van der Waals surface area (Å²) >= 11 is 0. The number of hydrogen-bond acceptors (Lipinski definition) is 2. The Hall–Kier alpha value is -0.760. The summed E-state index contributed by atoms with van der Waals surface area (Å²) in [4.78, 5) is 0. The van der Waals surface area contributed by atoms with Crippen LogP contribution in [0.5, 0.6) is 0 Å². The average molecular weight is 151 g/mol. The summed E-state index contributed by atoms with van der Waals surface area (Å²) in [6.07, 6.45) is 4.34. The predicted octanol–water partition coefficient (Wildman–Crippen LogP) is 2.00. The molecule has 1 atom stereocenters. The fourth-order valence-corrected chi connectivity index (χ4v) is 1.37. The zero-order chi connectivity index (χ0) is 7.84. The topological polar surface area (TPSA) is 39.2 Å². The molecule has 1 unspecified atom stereocenters. The van der Waals surface area contributed by atoms with Gasteiger partial charge in [0.25, 0.3) is 0 Å². The lowest BCUT2D eigenvalue weighted by Crippen LogP contribution is -2.10. The fraction of sp³-hybridized carbons (Fsp3) is 0.556. The molecule has 1 aromatic rings. The number of nitrogens with two attached hydrogens (primary N) is 1. The second kappa shape index (κ2) is 2.38. The molecular weight excluding hydrogens is 138 g/mol. The lowest BCUT2D eigenvalue weighted by atomic mass is 10.1. The number of aryl methyl sites for hydroxylation is 1. The SMILES string of the molecule is Cc1cc(C(N)C2CC2)co1. The zero-order valence-electron chi connectivity index (χ0n) is 6.71. The van der Waals surface area contributed by atoms with E-state index in [0.717, 1.165) is 11.3 Å². The average Bonchev–Trinajstić information content (AvgIpc) is 2.74. The monoisotopic (exact) mass is 151 g/mol. The minimum absolute atomic E-state index is 0.215. The molecule has 1 aliphatic rings. The van der Waals surface area contributed by atoms with Crippen molar-refractivity contribution in [2.45, 2.75) is 25.8 Å². The van der Waals surface area contributed by atoms with Crippen molar-refractivity contribution in [3.05, 3.63) is 23.7 Å². The molecule has 0 spiro atoms. The van der Waals surface area contributed by atoms with Gasteiger partial charge in [-0.15, -0.1) is 0 Å². The normalized spacial score (nSPS) is 20.2. The van der Waals surface area contributed by atoms with Gasteiger partial charge in [-0.25, -0.2) is 0 Å². The van der Waals surface area contributed by atoms with Gasteiger partial charge in [-0.3, -0.25) is 0 Å². The molecule has 0 aliphatic heterocycles. The van der Waals surface area contributed by atoms with E-state index >= 15 is 0 Å². The molecule has 2 N–H and O–H groups in total. The van der Waals surface area contributed by atoms with E-state index in [9.17, 15) is 0 Å². The van der Waals surface area contributed by atoms with E-state index in [1.54, 1.807) is 6.26 Å². The first-order valence-corrected chi connectivity index (χ1v) is 4.08. The van der Waals surface area contributed by atoms with Gasteiger partial charge < -0.3 is 10.2 Å². The highest BCUT2D eigenvalue weighted by molar-refractivity contribution is 5.18. The van der Waals surface area contributed by atoms with E-state index in [0.29, 0.717) is 5.92 Å². The summed E-state index contributed by atoms with van der Waals surface area (Å²) in [5, 5.41) is 0. The van der Waals surface area contributed by atoms with Gasteiger partial charge in [-0.2, -0.15) is 0 Å². The van der Waals surface area contributed by atoms with Gasteiger partial charge in [0, 0.05) is 11.6 Å². The summed E-state index contributed by atoms with van der Waals surface area (Å²) in [5.74, 6) is 1.67. The maximum absolute atomic E-state index is 5.95. The molecule has 2 rings (SSSR count). The van der Waals surface area contributed by atoms with E-state index in [1.165, 1.54) is 12.8 Å². The largest absolute Gasteiger partial charge is 0.469 e. The Kier molecular flexibility index (Phi) is 1.50. The molecule has 0 aromatic carbocycles. The summed E-state index contributed by atoms with van der Waals surface area (Å²) in [5.41, 5.74) is 7.11. The molecule has 0 amide bonds. The van der Waals surface area contributed by atoms with Gasteiger partial charge in [-0.1, -0.05) is 0 Å². The second-order valence-corrected chi connectivity index (χ2v) is 3.35. The Bertz CT molecular complexity index is 250. The lowest BCUT2D eigenvalue weighted by molar-refractivity contribution is 0.524. The summed E-state index contributed by atoms with van der Waals surface area (Å²) in [6, 6.07) is 2.25.